The topological polar surface area (TPSA) is 70.1 Å². The van der Waals surface area contributed by atoms with Crippen molar-refractivity contribution in [3.8, 4) is 23.0 Å². The van der Waals surface area contributed by atoms with E-state index in [1.54, 1.807) is 39.7 Å². The van der Waals surface area contributed by atoms with Gasteiger partial charge in [0.1, 0.15) is 23.8 Å². The predicted molar refractivity (Wildman–Crippen MR) is 127 cm³/mol. The fourth-order valence-electron chi connectivity index (χ4n) is 3.97. The summed E-state index contributed by atoms with van der Waals surface area (Å²) in [6.07, 6.45) is 2.31. The zero-order valence-corrected chi connectivity index (χ0v) is 20.3. The van der Waals surface area contributed by atoms with Gasteiger partial charge in [-0.25, -0.2) is 0 Å². The maximum atomic E-state index is 13.5. The van der Waals surface area contributed by atoms with E-state index in [4.69, 9.17) is 18.9 Å². The van der Waals surface area contributed by atoms with E-state index in [0.717, 1.165) is 21.3 Å². The van der Waals surface area contributed by atoms with Crippen LogP contribution in [0.1, 0.15) is 27.7 Å². The van der Waals surface area contributed by atoms with E-state index < -0.39 is 0 Å². The predicted octanol–water partition coefficient (Wildman–Crippen LogP) is 4.69. The standard InChI is InChI=1S/C25H25BrN2O5/c1-30-18-4-6-19(7-5-18)33-15-22-20-14-24(32-3)23(31-2)12-16(20)9-11-28(22)25(29)21-13-17(26)8-10-27-21/h4-8,10,12-14,22H,9,11,15H2,1-3H3. The molecule has 0 spiro atoms. The number of benzene rings is 2. The average Bonchev–Trinajstić information content (AvgIpc) is 2.86. The lowest BCUT2D eigenvalue weighted by molar-refractivity contribution is 0.0583. The lowest BCUT2D eigenvalue weighted by atomic mass is 9.91. The zero-order valence-electron chi connectivity index (χ0n) is 18.7. The molecule has 2 aromatic carbocycles. The van der Waals surface area contributed by atoms with E-state index in [-0.39, 0.29) is 18.6 Å². The minimum atomic E-state index is -0.330. The summed E-state index contributed by atoms with van der Waals surface area (Å²) in [6, 6.07) is 14.5. The molecular formula is C25H25BrN2O5. The van der Waals surface area contributed by atoms with Crippen LogP contribution in [0.5, 0.6) is 23.0 Å². The first kappa shape index (κ1) is 22.9. The maximum Gasteiger partial charge on any atom is 0.273 e. The van der Waals surface area contributed by atoms with Crippen LogP contribution in [0.15, 0.2) is 59.2 Å². The smallest absolute Gasteiger partial charge is 0.273 e. The van der Waals surface area contributed by atoms with Gasteiger partial charge in [-0.2, -0.15) is 0 Å². The Labute approximate surface area is 201 Å². The molecular weight excluding hydrogens is 488 g/mol. The van der Waals surface area contributed by atoms with Gasteiger partial charge in [0.05, 0.1) is 27.4 Å². The van der Waals surface area contributed by atoms with Gasteiger partial charge < -0.3 is 23.8 Å². The molecule has 0 saturated carbocycles. The van der Waals surface area contributed by atoms with Crippen LogP contribution in [-0.4, -0.2) is 50.3 Å². The second-order valence-electron chi connectivity index (χ2n) is 7.52. The Morgan fingerprint density at radius 1 is 1.00 bits per heavy atom. The van der Waals surface area contributed by atoms with E-state index >= 15 is 0 Å². The fraction of sp³-hybridized carbons (Fsp3) is 0.280. The van der Waals surface area contributed by atoms with E-state index in [0.29, 0.717) is 35.9 Å². The lowest BCUT2D eigenvalue weighted by Crippen LogP contribution is -2.43. The van der Waals surface area contributed by atoms with Gasteiger partial charge in [0, 0.05) is 17.2 Å². The molecule has 0 radical (unpaired) electrons. The monoisotopic (exact) mass is 512 g/mol. The molecule has 3 aromatic rings. The number of halogens is 1. The van der Waals surface area contributed by atoms with Crippen LogP contribution in [0.2, 0.25) is 0 Å². The van der Waals surface area contributed by atoms with Crippen molar-refractivity contribution in [2.45, 2.75) is 12.5 Å². The number of fused-ring (bicyclic) bond motifs is 1. The lowest BCUT2D eigenvalue weighted by Gasteiger charge is -2.37. The number of nitrogens with zero attached hydrogens (tertiary/aromatic N) is 2. The molecule has 172 valence electrons. The fourth-order valence-corrected chi connectivity index (χ4v) is 4.30. The van der Waals surface area contributed by atoms with Crippen LogP contribution >= 0.6 is 15.9 Å². The molecule has 0 aliphatic carbocycles. The second-order valence-corrected chi connectivity index (χ2v) is 8.43. The molecule has 7 nitrogen and oxygen atoms in total. The summed E-state index contributed by atoms with van der Waals surface area (Å²) in [5.74, 6) is 2.57. The van der Waals surface area contributed by atoms with Crippen LogP contribution in [0.4, 0.5) is 0 Å². The molecule has 1 aliphatic heterocycles. The number of carbonyl (C=O) groups excluding carboxylic acids is 1. The summed E-state index contributed by atoms with van der Waals surface area (Å²) < 4.78 is 23.2. The third-order valence-electron chi connectivity index (χ3n) is 5.67. The van der Waals surface area contributed by atoms with Crippen molar-refractivity contribution in [3.05, 3.63) is 76.0 Å². The number of rotatable bonds is 7. The van der Waals surface area contributed by atoms with Gasteiger partial charge in [-0.15, -0.1) is 0 Å². The Morgan fingerprint density at radius 2 is 1.70 bits per heavy atom. The van der Waals surface area contributed by atoms with Crippen molar-refractivity contribution in [3.63, 3.8) is 0 Å². The van der Waals surface area contributed by atoms with Gasteiger partial charge in [-0.05, 0) is 66.1 Å². The number of pyridine rings is 1. The van der Waals surface area contributed by atoms with E-state index in [1.807, 2.05) is 41.3 Å². The number of carbonyl (C=O) groups is 1. The van der Waals surface area contributed by atoms with Crippen molar-refractivity contribution in [2.24, 2.45) is 0 Å². The largest absolute Gasteiger partial charge is 0.497 e. The van der Waals surface area contributed by atoms with Gasteiger partial charge in [-0.1, -0.05) is 15.9 Å². The van der Waals surface area contributed by atoms with Crippen molar-refractivity contribution in [1.82, 2.24) is 9.88 Å². The highest BCUT2D eigenvalue weighted by molar-refractivity contribution is 9.10. The van der Waals surface area contributed by atoms with Crippen molar-refractivity contribution < 1.29 is 23.7 Å². The van der Waals surface area contributed by atoms with Crippen LogP contribution in [-0.2, 0) is 6.42 Å². The molecule has 1 aliphatic rings. The van der Waals surface area contributed by atoms with Crippen molar-refractivity contribution in [2.75, 3.05) is 34.5 Å². The molecule has 0 fully saturated rings. The van der Waals surface area contributed by atoms with Gasteiger partial charge in [0.25, 0.3) is 5.91 Å². The third kappa shape index (κ3) is 4.90. The summed E-state index contributed by atoms with van der Waals surface area (Å²) >= 11 is 3.43. The SMILES string of the molecule is COc1ccc(OCC2c3cc(OC)c(OC)cc3CCN2C(=O)c2cc(Br)ccn2)cc1. The quantitative estimate of drug-likeness (QED) is 0.457. The Balaban J connectivity index is 1.69. The molecule has 1 unspecified atom stereocenters. The molecule has 0 bridgehead atoms. The molecule has 2 heterocycles. The Bertz CT molecular complexity index is 1140. The minimum Gasteiger partial charge on any atom is -0.497 e. The Morgan fingerprint density at radius 3 is 2.36 bits per heavy atom. The highest BCUT2D eigenvalue weighted by Crippen LogP contribution is 2.39. The minimum absolute atomic E-state index is 0.153. The van der Waals surface area contributed by atoms with E-state index in [1.165, 1.54) is 0 Å². The average molecular weight is 513 g/mol. The van der Waals surface area contributed by atoms with E-state index in [9.17, 15) is 4.79 Å². The number of aromatic nitrogens is 1. The van der Waals surface area contributed by atoms with Gasteiger partial charge in [0.15, 0.2) is 11.5 Å². The Kier molecular flexibility index (Phi) is 7.03. The molecule has 1 atom stereocenters. The van der Waals surface area contributed by atoms with Gasteiger partial charge in [0.2, 0.25) is 0 Å². The first-order valence-electron chi connectivity index (χ1n) is 10.5. The normalized spacial score (nSPS) is 14.9. The van der Waals surface area contributed by atoms with Gasteiger partial charge >= 0.3 is 0 Å². The van der Waals surface area contributed by atoms with Crippen LogP contribution < -0.4 is 18.9 Å². The van der Waals surface area contributed by atoms with E-state index in [2.05, 4.69) is 20.9 Å². The number of ether oxygens (including phenoxy) is 4. The van der Waals surface area contributed by atoms with Crippen LogP contribution in [0.3, 0.4) is 0 Å². The van der Waals surface area contributed by atoms with Crippen LogP contribution in [0.25, 0.3) is 0 Å². The molecule has 1 aromatic heterocycles. The first-order chi connectivity index (χ1) is 16.0. The molecule has 33 heavy (non-hydrogen) atoms. The first-order valence-corrected chi connectivity index (χ1v) is 11.3. The molecule has 1 amide bonds. The molecule has 4 rings (SSSR count). The summed E-state index contributed by atoms with van der Waals surface area (Å²) in [5.41, 5.74) is 2.45. The third-order valence-corrected chi connectivity index (χ3v) is 6.17. The highest BCUT2D eigenvalue weighted by atomic mass is 79.9. The Hall–Kier alpha value is -3.26. The number of amides is 1. The molecule has 0 saturated heterocycles. The number of methoxy groups -OCH3 is 3. The summed E-state index contributed by atoms with van der Waals surface area (Å²) in [7, 11) is 4.84. The summed E-state index contributed by atoms with van der Waals surface area (Å²) in [4.78, 5) is 19.6. The second kappa shape index (κ2) is 10.1. The summed E-state index contributed by atoms with van der Waals surface area (Å²) in [5, 5.41) is 0. The maximum absolute atomic E-state index is 13.5. The molecule has 8 heteroatoms. The number of hydrogen-bond donors (Lipinski definition) is 0. The van der Waals surface area contributed by atoms with Gasteiger partial charge in [-0.3, -0.25) is 9.78 Å². The van der Waals surface area contributed by atoms with Crippen molar-refractivity contribution >= 4 is 21.8 Å². The molecule has 0 N–H and O–H groups in total. The summed E-state index contributed by atoms with van der Waals surface area (Å²) in [6.45, 7) is 0.806. The number of hydrogen-bond acceptors (Lipinski definition) is 6. The van der Waals surface area contributed by atoms with Crippen LogP contribution in [0, 0.1) is 0 Å². The zero-order chi connectivity index (χ0) is 23.4. The van der Waals surface area contributed by atoms with Crippen molar-refractivity contribution in [1.29, 1.82) is 0 Å². The highest BCUT2D eigenvalue weighted by Gasteiger charge is 2.34.